The predicted molar refractivity (Wildman–Crippen MR) is 124 cm³/mol. The van der Waals surface area contributed by atoms with Crippen LogP contribution in [-0.4, -0.2) is 11.6 Å². The van der Waals surface area contributed by atoms with E-state index in [1.807, 2.05) is 48.7 Å². The Kier molecular flexibility index (Phi) is 4.52. The summed E-state index contributed by atoms with van der Waals surface area (Å²) in [4.78, 5) is 15.3. The minimum Gasteiger partial charge on any atom is -0.437 e. The van der Waals surface area contributed by atoms with Crippen LogP contribution in [-0.2, 0) is 13.6 Å². The molecule has 5 rings (SSSR count). The van der Waals surface area contributed by atoms with E-state index in [4.69, 9.17) is 4.74 Å². The number of aromatic nitrogens is 2. The molecule has 0 aliphatic carbocycles. The highest BCUT2D eigenvalue weighted by Crippen LogP contribution is 2.43. The molecule has 2 aromatic heterocycles. The molecule has 0 saturated heterocycles. The number of aryl methyl sites for hydroxylation is 1. The van der Waals surface area contributed by atoms with E-state index in [1.165, 1.54) is 17.0 Å². The SMILES string of the molecule is CCn1c(=O)/c(=C2/Oc3ccc4ccccc4c3N2C)s/c1=C/c1scc(C)[n+]1C. The zero-order valence-corrected chi connectivity index (χ0v) is 18.9. The van der Waals surface area contributed by atoms with Crippen LogP contribution in [0.25, 0.3) is 22.7 Å². The Morgan fingerprint density at radius 3 is 2.73 bits per heavy atom. The molecule has 30 heavy (non-hydrogen) atoms. The molecule has 1 aliphatic heterocycles. The molecule has 5 nitrogen and oxygen atoms in total. The first-order chi connectivity index (χ1) is 14.5. The van der Waals surface area contributed by atoms with E-state index >= 15 is 0 Å². The Balaban J connectivity index is 1.75. The van der Waals surface area contributed by atoms with Gasteiger partial charge in [-0.2, -0.15) is 4.57 Å². The molecule has 0 N–H and O–H groups in total. The lowest BCUT2D eigenvalue weighted by Gasteiger charge is -2.12. The molecule has 3 heterocycles. The Hall–Kier alpha value is -2.90. The molecular weight excluding hydrogens is 414 g/mol. The number of rotatable bonds is 2. The lowest BCUT2D eigenvalue weighted by atomic mass is 10.1. The van der Waals surface area contributed by atoms with Crippen molar-refractivity contribution in [3.63, 3.8) is 0 Å². The summed E-state index contributed by atoms with van der Waals surface area (Å²) < 4.78 is 11.7. The maximum absolute atomic E-state index is 13.3. The smallest absolute Gasteiger partial charge is 0.274 e. The van der Waals surface area contributed by atoms with Gasteiger partial charge in [0, 0.05) is 25.9 Å². The maximum Gasteiger partial charge on any atom is 0.274 e. The average Bonchev–Trinajstić information content (AvgIpc) is 3.37. The summed E-state index contributed by atoms with van der Waals surface area (Å²) in [6.45, 7) is 4.70. The largest absolute Gasteiger partial charge is 0.437 e. The maximum atomic E-state index is 13.3. The number of fused-ring (bicyclic) bond motifs is 3. The number of anilines is 1. The van der Waals surface area contributed by atoms with Gasteiger partial charge >= 0.3 is 0 Å². The molecule has 0 amide bonds. The summed E-state index contributed by atoms with van der Waals surface area (Å²) in [7, 11) is 4.01. The third-order valence-electron chi connectivity index (χ3n) is 5.59. The highest BCUT2D eigenvalue weighted by molar-refractivity contribution is 7.10. The minimum absolute atomic E-state index is 0.0105. The monoisotopic (exact) mass is 436 g/mol. The van der Waals surface area contributed by atoms with Gasteiger partial charge in [0.2, 0.25) is 5.88 Å². The molecule has 152 valence electrons. The fourth-order valence-corrected chi connectivity index (χ4v) is 5.99. The molecule has 0 saturated carbocycles. The topological polar surface area (TPSA) is 38.4 Å². The quantitative estimate of drug-likeness (QED) is 0.454. The van der Waals surface area contributed by atoms with E-state index in [1.54, 1.807) is 11.3 Å². The minimum atomic E-state index is -0.0105. The van der Waals surface area contributed by atoms with Gasteiger partial charge in [-0.25, -0.2) is 0 Å². The van der Waals surface area contributed by atoms with Crippen LogP contribution in [0.5, 0.6) is 5.75 Å². The molecule has 0 radical (unpaired) electrons. The zero-order valence-electron chi connectivity index (χ0n) is 17.3. The number of hydrogen-bond acceptors (Lipinski definition) is 5. The molecule has 2 aromatic carbocycles. The second-order valence-corrected chi connectivity index (χ2v) is 9.26. The first kappa shape index (κ1) is 19.1. The van der Waals surface area contributed by atoms with E-state index in [2.05, 4.69) is 41.1 Å². The van der Waals surface area contributed by atoms with Crippen molar-refractivity contribution in [2.24, 2.45) is 7.05 Å². The standard InChI is InChI=1S/C23H22N3O2S2/c1-5-26-19(12-18-24(3)14(2)13-29-18)30-21(22(26)27)23-25(4)20-16-9-7-6-8-15(16)10-11-17(20)28-23/h6-13H,5H2,1-4H3/q+1/b23-21-. The van der Waals surface area contributed by atoms with Gasteiger partial charge in [0.25, 0.3) is 10.6 Å². The fraction of sp³-hybridized carbons (Fsp3) is 0.217. The first-order valence-electron chi connectivity index (χ1n) is 9.82. The Morgan fingerprint density at radius 1 is 1.20 bits per heavy atom. The Bertz CT molecular complexity index is 1480. The normalized spacial score (nSPS) is 15.7. The molecule has 0 unspecified atom stereocenters. The van der Waals surface area contributed by atoms with Gasteiger partial charge < -0.3 is 9.64 Å². The van der Waals surface area contributed by atoms with Crippen molar-refractivity contribution in [1.29, 1.82) is 0 Å². The van der Waals surface area contributed by atoms with Crippen LogP contribution in [0.3, 0.4) is 0 Å². The van der Waals surface area contributed by atoms with Gasteiger partial charge in [-0.3, -0.25) is 9.36 Å². The van der Waals surface area contributed by atoms with Gasteiger partial charge in [0.15, 0.2) is 16.0 Å². The number of nitrogens with zero attached hydrogens (tertiary/aromatic N) is 3. The average molecular weight is 437 g/mol. The molecule has 7 heteroatoms. The molecule has 4 aromatic rings. The van der Waals surface area contributed by atoms with Crippen LogP contribution in [0.4, 0.5) is 5.69 Å². The van der Waals surface area contributed by atoms with Crippen LogP contribution in [0.2, 0.25) is 0 Å². The number of ether oxygens (including phenoxy) is 1. The first-order valence-corrected chi connectivity index (χ1v) is 11.5. The van der Waals surface area contributed by atoms with Crippen molar-refractivity contribution < 1.29 is 9.30 Å². The van der Waals surface area contributed by atoms with Crippen molar-refractivity contribution in [3.05, 3.63) is 72.0 Å². The fourth-order valence-electron chi connectivity index (χ4n) is 3.82. The summed E-state index contributed by atoms with van der Waals surface area (Å²) in [6, 6.07) is 12.3. The van der Waals surface area contributed by atoms with Crippen LogP contribution in [0, 0.1) is 6.92 Å². The van der Waals surface area contributed by atoms with Gasteiger partial charge in [0.1, 0.15) is 11.7 Å². The summed E-state index contributed by atoms with van der Waals surface area (Å²) in [5.74, 6) is 1.39. The van der Waals surface area contributed by atoms with Gasteiger partial charge in [-0.15, -0.1) is 11.3 Å². The van der Waals surface area contributed by atoms with Crippen molar-refractivity contribution in [1.82, 2.24) is 4.57 Å². The Labute approximate surface area is 182 Å². The van der Waals surface area contributed by atoms with Gasteiger partial charge in [-0.05, 0) is 18.4 Å². The van der Waals surface area contributed by atoms with Crippen molar-refractivity contribution in [2.45, 2.75) is 20.4 Å². The van der Waals surface area contributed by atoms with Crippen LogP contribution in [0.1, 0.15) is 17.6 Å². The van der Waals surface area contributed by atoms with Gasteiger partial charge in [-0.1, -0.05) is 41.7 Å². The third-order valence-corrected chi connectivity index (χ3v) is 7.78. The van der Waals surface area contributed by atoms with Crippen LogP contribution < -0.4 is 29.0 Å². The highest BCUT2D eigenvalue weighted by Gasteiger charge is 2.27. The van der Waals surface area contributed by atoms with Crippen LogP contribution >= 0.6 is 22.7 Å². The second-order valence-electron chi connectivity index (χ2n) is 7.34. The number of benzene rings is 2. The molecule has 1 aliphatic rings. The van der Waals surface area contributed by atoms with Crippen LogP contribution in [0.15, 0.2) is 46.6 Å². The second kappa shape index (κ2) is 7.11. The van der Waals surface area contributed by atoms with E-state index in [0.29, 0.717) is 17.0 Å². The van der Waals surface area contributed by atoms with E-state index in [-0.39, 0.29) is 5.56 Å². The highest BCUT2D eigenvalue weighted by atomic mass is 32.1. The van der Waals surface area contributed by atoms with E-state index in [0.717, 1.165) is 31.9 Å². The lowest BCUT2D eigenvalue weighted by molar-refractivity contribution is -0.674. The van der Waals surface area contributed by atoms with E-state index in [9.17, 15) is 4.79 Å². The number of thiazole rings is 2. The number of hydrogen-bond donors (Lipinski definition) is 0. The molecular formula is C23H22N3O2S2+. The summed E-state index contributed by atoms with van der Waals surface area (Å²) in [5.41, 5.74) is 2.19. The van der Waals surface area contributed by atoms with E-state index < -0.39 is 0 Å². The molecule has 0 fully saturated rings. The summed E-state index contributed by atoms with van der Waals surface area (Å²) in [5, 5.41) is 5.51. The van der Waals surface area contributed by atoms with Crippen molar-refractivity contribution in [3.8, 4) is 5.75 Å². The molecule has 0 bridgehead atoms. The van der Waals surface area contributed by atoms with Crippen molar-refractivity contribution in [2.75, 3.05) is 11.9 Å². The summed E-state index contributed by atoms with van der Waals surface area (Å²) in [6.07, 6.45) is 2.09. The molecule has 0 spiro atoms. The Morgan fingerprint density at radius 2 is 2.00 bits per heavy atom. The zero-order chi connectivity index (χ0) is 21.0. The lowest BCUT2D eigenvalue weighted by Crippen LogP contribution is -2.35. The van der Waals surface area contributed by atoms with Crippen molar-refractivity contribution >= 4 is 51.1 Å². The summed E-state index contributed by atoms with van der Waals surface area (Å²) >= 11 is 3.16. The van der Waals surface area contributed by atoms with Gasteiger partial charge in [0.05, 0.1) is 17.1 Å². The predicted octanol–water partition coefficient (Wildman–Crippen LogP) is 2.70. The molecule has 0 atom stereocenters. The third kappa shape index (κ3) is 2.80.